The summed E-state index contributed by atoms with van der Waals surface area (Å²) in [6.07, 6.45) is 0. The number of methoxy groups -OCH3 is 1. The minimum atomic E-state index is -0.410. The maximum absolute atomic E-state index is 11.3. The molecule has 0 amide bonds. The lowest BCUT2D eigenvalue weighted by Gasteiger charge is -2.00. The predicted octanol–water partition coefficient (Wildman–Crippen LogP) is 2.60. The number of thiophene rings is 1. The second-order valence-corrected chi connectivity index (χ2v) is 3.69. The van der Waals surface area contributed by atoms with Crippen molar-refractivity contribution in [1.82, 2.24) is 4.98 Å². The van der Waals surface area contributed by atoms with Crippen LogP contribution in [0.25, 0.3) is 11.3 Å². The highest BCUT2D eigenvalue weighted by Crippen LogP contribution is 2.20. The van der Waals surface area contributed by atoms with E-state index in [9.17, 15) is 4.79 Å². The number of carbonyl (C=O) groups excluding carboxylic acids is 1. The molecule has 2 aromatic heterocycles. The zero-order valence-electron chi connectivity index (χ0n) is 8.14. The fourth-order valence-electron chi connectivity index (χ4n) is 1.22. The first kappa shape index (κ1) is 9.86. The molecule has 0 N–H and O–H groups in total. The van der Waals surface area contributed by atoms with Gasteiger partial charge in [0, 0.05) is 10.9 Å². The third-order valence-electron chi connectivity index (χ3n) is 1.96. The second kappa shape index (κ2) is 4.23. The Labute approximate surface area is 91.4 Å². The Hall–Kier alpha value is -1.68. The fourth-order valence-corrected chi connectivity index (χ4v) is 1.87. The van der Waals surface area contributed by atoms with Crippen LogP contribution in [0.1, 0.15) is 10.5 Å². The Morgan fingerprint density at radius 3 is 2.93 bits per heavy atom. The van der Waals surface area contributed by atoms with Gasteiger partial charge in [0.2, 0.25) is 0 Å². The number of carbonyl (C=O) groups is 1. The number of ether oxygens (including phenoxy) is 1. The molecular weight excluding hydrogens is 210 g/mol. The number of hydrogen-bond donors (Lipinski definition) is 0. The number of nitrogens with zero attached hydrogens (tertiary/aromatic N) is 1. The molecule has 0 aliphatic rings. The lowest BCUT2D eigenvalue weighted by Crippen LogP contribution is -2.04. The van der Waals surface area contributed by atoms with E-state index in [1.54, 1.807) is 23.5 Å². The minimum Gasteiger partial charge on any atom is -0.464 e. The van der Waals surface area contributed by atoms with Crippen molar-refractivity contribution in [2.75, 3.05) is 7.11 Å². The second-order valence-electron chi connectivity index (χ2n) is 2.91. The number of hydrogen-bond acceptors (Lipinski definition) is 4. The van der Waals surface area contributed by atoms with E-state index in [0.29, 0.717) is 5.69 Å². The lowest BCUT2D eigenvalue weighted by atomic mass is 10.2. The summed E-state index contributed by atoms with van der Waals surface area (Å²) in [4.78, 5) is 15.5. The molecule has 0 saturated carbocycles. The smallest absolute Gasteiger partial charge is 0.356 e. The van der Waals surface area contributed by atoms with Gasteiger partial charge in [-0.1, -0.05) is 6.07 Å². The van der Waals surface area contributed by atoms with Crippen LogP contribution in [0.15, 0.2) is 35.0 Å². The first-order chi connectivity index (χ1) is 7.31. The van der Waals surface area contributed by atoms with Crippen LogP contribution < -0.4 is 0 Å². The Morgan fingerprint density at radius 1 is 1.40 bits per heavy atom. The first-order valence-electron chi connectivity index (χ1n) is 4.39. The van der Waals surface area contributed by atoms with Gasteiger partial charge < -0.3 is 4.74 Å². The third-order valence-corrected chi connectivity index (χ3v) is 2.64. The molecule has 3 nitrogen and oxygen atoms in total. The summed E-state index contributed by atoms with van der Waals surface area (Å²) in [6, 6.07) is 7.27. The summed E-state index contributed by atoms with van der Waals surface area (Å²) in [5.74, 6) is -0.410. The zero-order chi connectivity index (χ0) is 10.7. The zero-order valence-corrected chi connectivity index (χ0v) is 8.95. The van der Waals surface area contributed by atoms with E-state index in [2.05, 4.69) is 9.72 Å². The van der Waals surface area contributed by atoms with E-state index < -0.39 is 5.97 Å². The summed E-state index contributed by atoms with van der Waals surface area (Å²) in [5.41, 5.74) is 2.14. The molecule has 76 valence electrons. The van der Waals surface area contributed by atoms with E-state index in [-0.39, 0.29) is 0 Å². The van der Waals surface area contributed by atoms with Crippen LogP contribution in [0.2, 0.25) is 0 Å². The highest BCUT2D eigenvalue weighted by Gasteiger charge is 2.08. The summed E-state index contributed by atoms with van der Waals surface area (Å²) < 4.78 is 4.61. The molecule has 0 radical (unpaired) electrons. The standard InChI is InChI=1S/C11H9NO2S/c1-14-11(13)10-4-2-3-9(12-10)8-5-6-15-7-8/h2-7H,1H3. The molecule has 2 heterocycles. The van der Waals surface area contributed by atoms with Gasteiger partial charge in [0.05, 0.1) is 12.8 Å². The van der Waals surface area contributed by atoms with Crippen molar-refractivity contribution in [2.45, 2.75) is 0 Å². The molecule has 0 saturated heterocycles. The summed E-state index contributed by atoms with van der Waals surface area (Å²) in [6.45, 7) is 0. The van der Waals surface area contributed by atoms with Gasteiger partial charge in [-0.25, -0.2) is 9.78 Å². The largest absolute Gasteiger partial charge is 0.464 e. The van der Waals surface area contributed by atoms with Gasteiger partial charge in [-0.3, -0.25) is 0 Å². The molecule has 0 spiro atoms. The molecular formula is C11H9NO2S. The van der Waals surface area contributed by atoms with Gasteiger partial charge in [0.25, 0.3) is 0 Å². The molecule has 0 fully saturated rings. The topological polar surface area (TPSA) is 39.2 Å². The Bertz CT molecular complexity index is 465. The van der Waals surface area contributed by atoms with Crippen LogP contribution in [0.5, 0.6) is 0 Å². The van der Waals surface area contributed by atoms with Gasteiger partial charge in [0.1, 0.15) is 5.69 Å². The van der Waals surface area contributed by atoms with Crippen molar-refractivity contribution >= 4 is 17.3 Å². The number of pyridine rings is 1. The maximum Gasteiger partial charge on any atom is 0.356 e. The highest BCUT2D eigenvalue weighted by atomic mass is 32.1. The summed E-state index contributed by atoms with van der Waals surface area (Å²) in [7, 11) is 1.35. The summed E-state index contributed by atoms with van der Waals surface area (Å²) >= 11 is 1.60. The van der Waals surface area contributed by atoms with Crippen molar-refractivity contribution in [3.8, 4) is 11.3 Å². The molecule has 4 heteroatoms. The minimum absolute atomic E-state index is 0.334. The Balaban J connectivity index is 2.39. The van der Waals surface area contributed by atoms with Gasteiger partial charge in [0.15, 0.2) is 0 Å². The fraction of sp³-hybridized carbons (Fsp3) is 0.0909. The van der Waals surface area contributed by atoms with Crippen molar-refractivity contribution in [1.29, 1.82) is 0 Å². The van der Waals surface area contributed by atoms with E-state index in [1.807, 2.05) is 22.9 Å². The van der Waals surface area contributed by atoms with Crippen molar-refractivity contribution in [3.05, 3.63) is 40.7 Å². The Kier molecular flexibility index (Phi) is 2.78. The van der Waals surface area contributed by atoms with E-state index >= 15 is 0 Å². The van der Waals surface area contributed by atoms with Crippen LogP contribution >= 0.6 is 11.3 Å². The quantitative estimate of drug-likeness (QED) is 0.729. The first-order valence-corrected chi connectivity index (χ1v) is 5.33. The SMILES string of the molecule is COC(=O)c1cccc(-c2ccsc2)n1. The molecule has 2 aromatic rings. The van der Waals surface area contributed by atoms with Crippen LogP contribution in [0.4, 0.5) is 0 Å². The monoisotopic (exact) mass is 219 g/mol. The van der Waals surface area contributed by atoms with E-state index in [1.165, 1.54) is 7.11 Å². The average Bonchev–Trinajstić information content (AvgIpc) is 2.82. The van der Waals surface area contributed by atoms with Crippen LogP contribution in [-0.4, -0.2) is 18.1 Å². The molecule has 2 rings (SSSR count). The molecule has 15 heavy (non-hydrogen) atoms. The number of esters is 1. The predicted molar refractivity (Wildman–Crippen MR) is 58.9 cm³/mol. The normalized spacial score (nSPS) is 9.93. The maximum atomic E-state index is 11.3. The molecule has 0 aliphatic carbocycles. The third kappa shape index (κ3) is 2.05. The van der Waals surface area contributed by atoms with Crippen LogP contribution in [-0.2, 0) is 4.74 Å². The molecule has 0 aliphatic heterocycles. The van der Waals surface area contributed by atoms with Crippen molar-refractivity contribution in [2.24, 2.45) is 0 Å². The summed E-state index contributed by atoms with van der Waals surface area (Å²) in [5, 5.41) is 3.96. The average molecular weight is 219 g/mol. The van der Waals surface area contributed by atoms with Crippen molar-refractivity contribution in [3.63, 3.8) is 0 Å². The lowest BCUT2D eigenvalue weighted by molar-refractivity contribution is 0.0594. The van der Waals surface area contributed by atoms with Gasteiger partial charge in [-0.15, -0.1) is 0 Å². The van der Waals surface area contributed by atoms with Gasteiger partial charge in [-0.05, 0) is 23.6 Å². The van der Waals surface area contributed by atoms with Crippen LogP contribution in [0.3, 0.4) is 0 Å². The number of aromatic nitrogens is 1. The van der Waals surface area contributed by atoms with Gasteiger partial charge in [-0.2, -0.15) is 11.3 Å². The van der Waals surface area contributed by atoms with Gasteiger partial charge >= 0.3 is 5.97 Å². The molecule has 0 aromatic carbocycles. The molecule has 0 unspecified atom stereocenters. The van der Waals surface area contributed by atoms with E-state index in [0.717, 1.165) is 11.3 Å². The number of rotatable bonds is 2. The van der Waals surface area contributed by atoms with Crippen LogP contribution in [0, 0.1) is 0 Å². The molecule has 0 atom stereocenters. The Morgan fingerprint density at radius 2 is 2.27 bits per heavy atom. The highest BCUT2D eigenvalue weighted by molar-refractivity contribution is 7.08. The van der Waals surface area contributed by atoms with Crippen molar-refractivity contribution < 1.29 is 9.53 Å². The molecule has 0 bridgehead atoms. The van der Waals surface area contributed by atoms with E-state index in [4.69, 9.17) is 0 Å².